The molecule has 0 bridgehead atoms. The molecule has 2 rings (SSSR count). The molecule has 17 heavy (non-hydrogen) atoms. The summed E-state index contributed by atoms with van der Waals surface area (Å²) in [5, 5.41) is 3.24. The smallest absolute Gasteiger partial charge is 0.239 e. The topological polar surface area (TPSA) is 45.2 Å². The molecular formula is C13H19N3O. The van der Waals surface area contributed by atoms with Gasteiger partial charge < -0.3 is 10.2 Å². The van der Waals surface area contributed by atoms with Gasteiger partial charge in [-0.3, -0.25) is 9.78 Å². The first-order chi connectivity index (χ1) is 8.31. The van der Waals surface area contributed by atoms with E-state index in [1.54, 1.807) is 6.20 Å². The molecule has 0 aliphatic carbocycles. The highest BCUT2D eigenvalue weighted by atomic mass is 16.2. The standard InChI is InChI=1S/C13H19N3O/c1-2-12-13(17)16(10-8-15-12)9-6-11-5-3-4-7-14-11/h3-5,7,12,15H,2,6,8-10H2,1H3. The Balaban J connectivity index is 1.88. The fourth-order valence-corrected chi connectivity index (χ4v) is 2.13. The first-order valence-electron chi connectivity index (χ1n) is 6.23. The first kappa shape index (κ1) is 12.0. The highest BCUT2D eigenvalue weighted by molar-refractivity contribution is 5.82. The molecule has 4 nitrogen and oxygen atoms in total. The molecule has 1 aliphatic rings. The quantitative estimate of drug-likeness (QED) is 0.838. The van der Waals surface area contributed by atoms with Gasteiger partial charge in [0.25, 0.3) is 0 Å². The highest BCUT2D eigenvalue weighted by Crippen LogP contribution is 2.06. The van der Waals surface area contributed by atoms with Crippen LogP contribution in [0.15, 0.2) is 24.4 Å². The second-order valence-corrected chi connectivity index (χ2v) is 4.31. The summed E-state index contributed by atoms with van der Waals surface area (Å²) in [6, 6.07) is 5.90. The van der Waals surface area contributed by atoms with E-state index in [4.69, 9.17) is 0 Å². The average molecular weight is 233 g/mol. The van der Waals surface area contributed by atoms with Crippen LogP contribution in [0.3, 0.4) is 0 Å². The first-order valence-corrected chi connectivity index (χ1v) is 6.23. The van der Waals surface area contributed by atoms with E-state index in [1.807, 2.05) is 30.0 Å². The summed E-state index contributed by atoms with van der Waals surface area (Å²) >= 11 is 0. The van der Waals surface area contributed by atoms with Crippen molar-refractivity contribution in [2.75, 3.05) is 19.6 Å². The van der Waals surface area contributed by atoms with Gasteiger partial charge in [0, 0.05) is 37.9 Å². The predicted octanol–water partition coefficient (Wildman–Crippen LogP) is 0.834. The van der Waals surface area contributed by atoms with Crippen molar-refractivity contribution in [3.63, 3.8) is 0 Å². The van der Waals surface area contributed by atoms with Crippen molar-refractivity contribution in [2.45, 2.75) is 25.8 Å². The zero-order valence-electron chi connectivity index (χ0n) is 10.2. The number of nitrogens with zero attached hydrogens (tertiary/aromatic N) is 2. The van der Waals surface area contributed by atoms with Crippen LogP contribution in [-0.4, -0.2) is 41.5 Å². The summed E-state index contributed by atoms with van der Waals surface area (Å²) in [6.07, 6.45) is 3.49. The summed E-state index contributed by atoms with van der Waals surface area (Å²) in [5.74, 6) is 0.231. The minimum absolute atomic E-state index is 0.00693. The number of carbonyl (C=O) groups is 1. The Kier molecular flexibility index (Phi) is 4.09. The van der Waals surface area contributed by atoms with E-state index >= 15 is 0 Å². The maximum Gasteiger partial charge on any atom is 0.239 e. The summed E-state index contributed by atoms with van der Waals surface area (Å²) in [5.41, 5.74) is 1.05. The van der Waals surface area contributed by atoms with Gasteiger partial charge in [0.2, 0.25) is 5.91 Å². The maximum absolute atomic E-state index is 12.0. The molecule has 1 saturated heterocycles. The van der Waals surface area contributed by atoms with Gasteiger partial charge in [-0.05, 0) is 18.6 Å². The summed E-state index contributed by atoms with van der Waals surface area (Å²) < 4.78 is 0. The lowest BCUT2D eigenvalue weighted by molar-refractivity contribution is -0.135. The molecule has 0 spiro atoms. The van der Waals surface area contributed by atoms with Crippen molar-refractivity contribution in [2.24, 2.45) is 0 Å². The van der Waals surface area contributed by atoms with E-state index in [2.05, 4.69) is 10.3 Å². The molecule has 1 atom stereocenters. The fourth-order valence-electron chi connectivity index (χ4n) is 2.13. The lowest BCUT2D eigenvalue weighted by Crippen LogP contribution is -2.55. The minimum Gasteiger partial charge on any atom is -0.340 e. The summed E-state index contributed by atoms with van der Waals surface area (Å²) in [7, 11) is 0. The monoisotopic (exact) mass is 233 g/mol. The Morgan fingerprint density at radius 3 is 3.12 bits per heavy atom. The molecule has 2 heterocycles. The Labute approximate surface area is 102 Å². The van der Waals surface area contributed by atoms with Crippen LogP contribution in [0, 0.1) is 0 Å². The predicted molar refractivity (Wildman–Crippen MR) is 66.6 cm³/mol. The van der Waals surface area contributed by atoms with Crippen molar-refractivity contribution in [3.05, 3.63) is 30.1 Å². The minimum atomic E-state index is 0.00693. The number of rotatable bonds is 4. The normalized spacial score (nSPS) is 20.6. The van der Waals surface area contributed by atoms with Gasteiger partial charge in [-0.1, -0.05) is 13.0 Å². The van der Waals surface area contributed by atoms with Crippen molar-refractivity contribution < 1.29 is 4.79 Å². The number of pyridine rings is 1. The van der Waals surface area contributed by atoms with Crippen molar-refractivity contribution >= 4 is 5.91 Å². The molecule has 1 aromatic rings. The van der Waals surface area contributed by atoms with E-state index in [1.165, 1.54) is 0 Å². The van der Waals surface area contributed by atoms with Gasteiger partial charge in [-0.25, -0.2) is 0 Å². The van der Waals surface area contributed by atoms with Crippen LogP contribution in [0.4, 0.5) is 0 Å². The molecule has 0 aromatic carbocycles. The number of hydrogen-bond acceptors (Lipinski definition) is 3. The molecule has 1 aromatic heterocycles. The fraction of sp³-hybridized carbons (Fsp3) is 0.538. The van der Waals surface area contributed by atoms with Crippen LogP contribution in [0.5, 0.6) is 0 Å². The van der Waals surface area contributed by atoms with E-state index in [9.17, 15) is 4.79 Å². The van der Waals surface area contributed by atoms with Gasteiger partial charge >= 0.3 is 0 Å². The third kappa shape index (κ3) is 3.03. The van der Waals surface area contributed by atoms with E-state index in [-0.39, 0.29) is 11.9 Å². The molecule has 1 N–H and O–H groups in total. The summed E-state index contributed by atoms with van der Waals surface area (Å²) in [4.78, 5) is 18.2. The van der Waals surface area contributed by atoms with Gasteiger partial charge in [-0.2, -0.15) is 0 Å². The number of hydrogen-bond donors (Lipinski definition) is 1. The average Bonchev–Trinajstić information content (AvgIpc) is 2.39. The van der Waals surface area contributed by atoms with E-state index < -0.39 is 0 Å². The molecule has 1 amide bonds. The van der Waals surface area contributed by atoms with Crippen LogP contribution < -0.4 is 5.32 Å². The van der Waals surface area contributed by atoms with Gasteiger partial charge in [0.05, 0.1) is 6.04 Å². The van der Waals surface area contributed by atoms with Gasteiger partial charge in [0.1, 0.15) is 0 Å². The summed E-state index contributed by atoms with van der Waals surface area (Å²) in [6.45, 7) is 4.51. The lowest BCUT2D eigenvalue weighted by atomic mass is 10.1. The van der Waals surface area contributed by atoms with Crippen molar-refractivity contribution in [3.8, 4) is 0 Å². The number of carbonyl (C=O) groups excluding carboxylic acids is 1. The third-order valence-corrected chi connectivity index (χ3v) is 3.15. The zero-order chi connectivity index (χ0) is 12.1. The number of piperazine rings is 1. The lowest BCUT2D eigenvalue weighted by Gasteiger charge is -2.32. The van der Waals surface area contributed by atoms with Crippen LogP contribution in [0.2, 0.25) is 0 Å². The van der Waals surface area contributed by atoms with Crippen LogP contribution in [0.1, 0.15) is 19.0 Å². The molecule has 1 unspecified atom stereocenters. The molecular weight excluding hydrogens is 214 g/mol. The molecule has 92 valence electrons. The molecule has 1 fully saturated rings. The van der Waals surface area contributed by atoms with Crippen molar-refractivity contribution in [1.29, 1.82) is 0 Å². The van der Waals surface area contributed by atoms with E-state index in [0.717, 1.165) is 38.2 Å². The number of nitrogens with one attached hydrogen (secondary N) is 1. The van der Waals surface area contributed by atoms with Crippen LogP contribution >= 0.6 is 0 Å². The second kappa shape index (κ2) is 5.77. The molecule has 1 aliphatic heterocycles. The molecule has 4 heteroatoms. The largest absolute Gasteiger partial charge is 0.340 e. The Morgan fingerprint density at radius 2 is 2.41 bits per heavy atom. The zero-order valence-corrected chi connectivity index (χ0v) is 10.2. The van der Waals surface area contributed by atoms with Gasteiger partial charge in [-0.15, -0.1) is 0 Å². The highest BCUT2D eigenvalue weighted by Gasteiger charge is 2.26. The SMILES string of the molecule is CCC1NCCN(CCc2ccccn2)C1=O. The maximum atomic E-state index is 12.0. The van der Waals surface area contributed by atoms with Crippen LogP contribution in [-0.2, 0) is 11.2 Å². The van der Waals surface area contributed by atoms with Gasteiger partial charge in [0.15, 0.2) is 0 Å². The van der Waals surface area contributed by atoms with E-state index in [0.29, 0.717) is 0 Å². The third-order valence-electron chi connectivity index (χ3n) is 3.15. The Hall–Kier alpha value is -1.42. The molecule has 0 radical (unpaired) electrons. The number of aromatic nitrogens is 1. The molecule has 0 saturated carbocycles. The Morgan fingerprint density at radius 1 is 1.53 bits per heavy atom. The van der Waals surface area contributed by atoms with Crippen LogP contribution in [0.25, 0.3) is 0 Å². The Bertz CT molecular complexity index is 366. The second-order valence-electron chi connectivity index (χ2n) is 4.31. The number of amides is 1. The van der Waals surface area contributed by atoms with Crippen molar-refractivity contribution in [1.82, 2.24) is 15.2 Å².